The van der Waals surface area contributed by atoms with Crippen LogP contribution in [0.4, 0.5) is 30.7 Å². The number of hydrogen-bond acceptors (Lipinski definition) is 1. The maximum Gasteiger partial charge on any atom is 0.455 e. The van der Waals surface area contributed by atoms with Crippen molar-refractivity contribution in [3.05, 3.63) is 34.9 Å². The van der Waals surface area contributed by atoms with Gasteiger partial charge in [0.1, 0.15) is 17.7 Å². The van der Waals surface area contributed by atoms with Gasteiger partial charge in [-0.2, -0.15) is 22.0 Å². The third kappa shape index (κ3) is 3.11. The molecule has 1 aromatic carbocycles. The molecule has 0 amide bonds. The van der Waals surface area contributed by atoms with Crippen LogP contribution >= 0.6 is 12.4 Å². The van der Waals surface area contributed by atoms with E-state index in [1.807, 2.05) is 0 Å². The second-order valence-corrected chi connectivity index (χ2v) is 3.69. The first kappa shape index (κ1) is 18.0. The van der Waals surface area contributed by atoms with Crippen LogP contribution in [0.25, 0.3) is 0 Å². The lowest BCUT2D eigenvalue weighted by Gasteiger charge is -2.26. The Labute approximate surface area is 110 Å². The summed E-state index contributed by atoms with van der Waals surface area (Å²) in [5, 5.41) is 0. The van der Waals surface area contributed by atoms with Crippen LogP contribution in [0.15, 0.2) is 12.1 Å². The van der Waals surface area contributed by atoms with Crippen molar-refractivity contribution < 1.29 is 30.7 Å². The lowest BCUT2D eigenvalue weighted by molar-refractivity contribution is -0.291. The summed E-state index contributed by atoms with van der Waals surface area (Å²) < 4.78 is 88.6. The van der Waals surface area contributed by atoms with Gasteiger partial charge in [0.05, 0.1) is 0 Å². The van der Waals surface area contributed by atoms with E-state index in [4.69, 9.17) is 0 Å². The van der Waals surface area contributed by atoms with Gasteiger partial charge in [0.2, 0.25) is 0 Å². The summed E-state index contributed by atoms with van der Waals surface area (Å²) in [4.78, 5) is 0. The van der Waals surface area contributed by atoms with Gasteiger partial charge in [-0.15, -0.1) is 12.4 Å². The minimum absolute atomic E-state index is 0. The highest BCUT2D eigenvalue weighted by molar-refractivity contribution is 5.85. The minimum atomic E-state index is -5.99. The first-order valence-corrected chi connectivity index (χ1v) is 4.64. The summed E-state index contributed by atoms with van der Waals surface area (Å²) in [6.45, 7) is 1.09. The SMILES string of the molecule is Cc1ccc(F)c([C@@H](N)C(F)(F)C(F)(F)F)c1F.Cl. The van der Waals surface area contributed by atoms with Crippen molar-refractivity contribution >= 4 is 12.4 Å². The lowest BCUT2D eigenvalue weighted by atomic mass is 9.98. The average molecular weight is 312 g/mol. The summed E-state index contributed by atoms with van der Waals surface area (Å²) >= 11 is 0. The zero-order chi connectivity index (χ0) is 14.3. The minimum Gasteiger partial charge on any atom is -0.319 e. The van der Waals surface area contributed by atoms with Crippen molar-refractivity contribution in [2.24, 2.45) is 5.73 Å². The fourth-order valence-electron chi connectivity index (χ4n) is 1.32. The van der Waals surface area contributed by atoms with Crippen LogP contribution in [0, 0.1) is 18.6 Å². The predicted octanol–water partition coefficient (Wildman–Crippen LogP) is 3.89. The van der Waals surface area contributed by atoms with E-state index in [0.29, 0.717) is 6.07 Å². The molecule has 0 unspecified atom stereocenters. The Morgan fingerprint density at radius 2 is 1.53 bits per heavy atom. The van der Waals surface area contributed by atoms with Gasteiger partial charge in [0, 0.05) is 5.56 Å². The smallest absolute Gasteiger partial charge is 0.319 e. The Kier molecular flexibility index (Phi) is 5.24. The van der Waals surface area contributed by atoms with Crippen molar-refractivity contribution in [3.63, 3.8) is 0 Å². The molecule has 0 aliphatic rings. The molecule has 0 aliphatic carbocycles. The van der Waals surface area contributed by atoms with Gasteiger partial charge in [-0.1, -0.05) is 6.07 Å². The number of aryl methyl sites for hydroxylation is 1. The van der Waals surface area contributed by atoms with E-state index >= 15 is 0 Å². The standard InChI is InChI=1S/C10H8F7N.ClH/c1-4-2-3-5(11)6(7(4)12)8(18)9(13,14)10(15,16)17;/h2-3,8H,18H2,1H3;1H/t8-;/m1./s1. The van der Waals surface area contributed by atoms with Gasteiger partial charge in [0.15, 0.2) is 0 Å². The quantitative estimate of drug-likeness (QED) is 0.824. The Hall–Kier alpha value is -1.02. The first-order chi connectivity index (χ1) is 8.00. The maximum atomic E-state index is 13.4. The largest absolute Gasteiger partial charge is 0.455 e. The molecule has 0 spiro atoms. The summed E-state index contributed by atoms with van der Waals surface area (Å²) in [6.07, 6.45) is -5.99. The Bertz CT molecular complexity index is 458. The van der Waals surface area contributed by atoms with Crippen LogP contribution in [-0.2, 0) is 0 Å². The van der Waals surface area contributed by atoms with Crippen LogP contribution in [0.1, 0.15) is 17.2 Å². The van der Waals surface area contributed by atoms with Gasteiger partial charge in [-0.3, -0.25) is 0 Å². The molecule has 110 valence electrons. The fourth-order valence-corrected chi connectivity index (χ4v) is 1.32. The third-order valence-electron chi connectivity index (χ3n) is 2.40. The Balaban J connectivity index is 0.00000324. The fraction of sp³-hybridized carbons (Fsp3) is 0.400. The van der Waals surface area contributed by atoms with Crippen molar-refractivity contribution in [2.45, 2.75) is 25.1 Å². The van der Waals surface area contributed by atoms with Crippen LogP contribution < -0.4 is 5.73 Å². The summed E-state index contributed by atoms with van der Waals surface area (Å²) in [5.74, 6) is -8.48. The molecule has 1 rings (SSSR count). The molecule has 0 saturated carbocycles. The van der Waals surface area contributed by atoms with E-state index in [-0.39, 0.29) is 18.0 Å². The molecule has 0 saturated heterocycles. The lowest BCUT2D eigenvalue weighted by Crippen LogP contribution is -2.46. The second kappa shape index (κ2) is 5.54. The van der Waals surface area contributed by atoms with Crippen LogP contribution in [0.2, 0.25) is 0 Å². The molecule has 0 radical (unpaired) electrons. The zero-order valence-corrected chi connectivity index (χ0v) is 10.2. The molecular weight excluding hydrogens is 303 g/mol. The van der Waals surface area contributed by atoms with Crippen molar-refractivity contribution in [2.75, 3.05) is 0 Å². The average Bonchev–Trinajstić information content (AvgIpc) is 2.22. The third-order valence-corrected chi connectivity index (χ3v) is 2.40. The second-order valence-electron chi connectivity index (χ2n) is 3.69. The molecule has 0 aromatic heterocycles. The number of halogens is 8. The van der Waals surface area contributed by atoms with Gasteiger partial charge in [0.25, 0.3) is 0 Å². The molecule has 19 heavy (non-hydrogen) atoms. The Morgan fingerprint density at radius 1 is 1.05 bits per heavy atom. The maximum absolute atomic E-state index is 13.4. The summed E-state index contributed by atoms with van der Waals surface area (Å²) in [7, 11) is 0. The summed E-state index contributed by atoms with van der Waals surface area (Å²) in [5.41, 5.74) is 2.93. The zero-order valence-electron chi connectivity index (χ0n) is 9.36. The molecule has 9 heteroatoms. The van der Waals surface area contributed by atoms with E-state index in [1.54, 1.807) is 0 Å². The van der Waals surface area contributed by atoms with E-state index < -0.39 is 35.3 Å². The van der Waals surface area contributed by atoms with Gasteiger partial charge < -0.3 is 5.73 Å². The highest BCUT2D eigenvalue weighted by Gasteiger charge is 2.62. The van der Waals surface area contributed by atoms with Gasteiger partial charge >= 0.3 is 12.1 Å². The summed E-state index contributed by atoms with van der Waals surface area (Å²) in [6, 6.07) is -1.65. The van der Waals surface area contributed by atoms with E-state index in [0.717, 1.165) is 13.0 Å². The van der Waals surface area contributed by atoms with Gasteiger partial charge in [-0.25, -0.2) is 8.78 Å². The molecule has 0 heterocycles. The van der Waals surface area contributed by atoms with Crippen molar-refractivity contribution in [3.8, 4) is 0 Å². The van der Waals surface area contributed by atoms with Crippen LogP contribution in [-0.4, -0.2) is 12.1 Å². The van der Waals surface area contributed by atoms with E-state index in [1.165, 1.54) is 0 Å². The normalized spacial score (nSPS) is 13.9. The van der Waals surface area contributed by atoms with Crippen LogP contribution in [0.5, 0.6) is 0 Å². The number of rotatable bonds is 2. The number of benzene rings is 1. The highest BCUT2D eigenvalue weighted by Crippen LogP contribution is 2.44. The Morgan fingerprint density at radius 3 is 1.95 bits per heavy atom. The molecule has 0 aliphatic heterocycles. The molecule has 0 bridgehead atoms. The number of hydrogen-bond donors (Lipinski definition) is 1. The number of nitrogens with two attached hydrogens (primary N) is 1. The predicted molar refractivity (Wildman–Crippen MR) is 56.3 cm³/mol. The molecular formula is C10H9ClF7N. The van der Waals surface area contributed by atoms with E-state index in [9.17, 15) is 30.7 Å². The molecule has 2 N–H and O–H groups in total. The number of alkyl halides is 5. The molecule has 1 atom stereocenters. The first-order valence-electron chi connectivity index (χ1n) is 4.64. The van der Waals surface area contributed by atoms with Gasteiger partial charge in [-0.05, 0) is 18.6 Å². The van der Waals surface area contributed by atoms with Crippen molar-refractivity contribution in [1.82, 2.24) is 0 Å². The molecule has 1 nitrogen and oxygen atoms in total. The monoisotopic (exact) mass is 311 g/mol. The van der Waals surface area contributed by atoms with Crippen LogP contribution in [0.3, 0.4) is 0 Å². The topological polar surface area (TPSA) is 26.0 Å². The molecule has 1 aromatic rings. The molecule has 0 fully saturated rings. The highest BCUT2D eigenvalue weighted by atomic mass is 35.5. The van der Waals surface area contributed by atoms with Crippen molar-refractivity contribution in [1.29, 1.82) is 0 Å². The van der Waals surface area contributed by atoms with E-state index in [2.05, 4.69) is 5.73 Å².